The number of aromatic amines is 1. The Morgan fingerprint density at radius 1 is 0.919 bits per heavy atom. The largest absolute Gasteiger partial charge is 0.387 e. The molecule has 4 N–H and O–H groups in total. The molecular weight excluding hydrogens is 488 g/mol. The summed E-state index contributed by atoms with van der Waals surface area (Å²) < 4.78 is 42.2. The van der Waals surface area contributed by atoms with Crippen LogP contribution in [0.1, 0.15) is 26.9 Å². The molecule has 3 aliphatic heterocycles. The number of aliphatic hydroxyl groups is 2. The van der Waals surface area contributed by atoms with E-state index in [2.05, 4.69) is 10.3 Å². The van der Waals surface area contributed by atoms with Gasteiger partial charge in [0.1, 0.15) is 36.1 Å². The van der Waals surface area contributed by atoms with Crippen LogP contribution in [0, 0.1) is 11.6 Å². The summed E-state index contributed by atoms with van der Waals surface area (Å²) in [6.07, 6.45) is -5.03. The minimum absolute atomic E-state index is 0.0385. The smallest absolute Gasteiger partial charge is 0.259 e. The molecule has 8 rings (SSSR count). The fourth-order valence-corrected chi connectivity index (χ4v) is 6.25. The number of ether oxygens (including phenoxy) is 2. The number of nitrogens with zero attached hydrogens (tertiary/aromatic N) is 1. The normalized spacial score (nSPS) is 27.2. The highest BCUT2D eigenvalue weighted by atomic mass is 19.1. The van der Waals surface area contributed by atoms with Crippen LogP contribution in [0.4, 0.5) is 8.78 Å². The zero-order valence-corrected chi connectivity index (χ0v) is 18.8. The van der Waals surface area contributed by atoms with Crippen LogP contribution < -0.4 is 5.32 Å². The number of halogens is 2. The van der Waals surface area contributed by atoms with Gasteiger partial charge >= 0.3 is 0 Å². The van der Waals surface area contributed by atoms with Gasteiger partial charge in [-0.1, -0.05) is 0 Å². The molecule has 3 aliphatic rings. The number of aliphatic hydroxyl groups excluding tert-OH is 2. The molecule has 0 saturated carbocycles. The second-order valence-electron chi connectivity index (χ2n) is 9.70. The Bertz CT molecular complexity index is 1880. The lowest BCUT2D eigenvalue weighted by atomic mass is 9.96. The van der Waals surface area contributed by atoms with E-state index < -0.39 is 54.1 Å². The first-order valence-electron chi connectivity index (χ1n) is 11.7. The summed E-state index contributed by atoms with van der Waals surface area (Å²) in [6, 6.07) is 8.09. The van der Waals surface area contributed by atoms with Gasteiger partial charge in [0.25, 0.3) is 11.8 Å². The van der Waals surface area contributed by atoms with Crippen LogP contribution in [0.25, 0.3) is 43.6 Å². The molecule has 2 aromatic heterocycles. The van der Waals surface area contributed by atoms with Crippen molar-refractivity contribution >= 4 is 55.4 Å². The standard InChI is InChI=1S/C26H17F2N3O6/c27-8-1-3-12-10(5-8)15-17-18(25(35)30-24(17)34)16-11-6-9(28)2-4-13(11)31(20(16)19(15)29-12)26-22(33)23-21(32)14(37-26)7-36-23/h1-6,14,21-23,26,29,32-33H,7H2,(H,30,34,35)/t14-,21?,22-,23+,26-/m1/s1. The number of H-pyrrole nitrogens is 1. The Hall–Kier alpha value is -3.90. The van der Waals surface area contributed by atoms with Crippen LogP contribution in [-0.2, 0) is 9.47 Å². The maximum Gasteiger partial charge on any atom is 0.259 e. The first kappa shape index (κ1) is 21.2. The van der Waals surface area contributed by atoms with Crippen LogP contribution in [0.15, 0.2) is 36.4 Å². The van der Waals surface area contributed by atoms with Gasteiger partial charge in [-0.05, 0) is 36.4 Å². The quantitative estimate of drug-likeness (QED) is 0.260. The summed E-state index contributed by atoms with van der Waals surface area (Å²) in [5.41, 5.74) is 1.82. The predicted molar refractivity (Wildman–Crippen MR) is 126 cm³/mol. The highest BCUT2D eigenvalue weighted by Crippen LogP contribution is 2.47. The Kier molecular flexibility index (Phi) is 3.95. The number of carbonyl (C=O) groups is 2. The lowest BCUT2D eigenvalue weighted by Gasteiger charge is -2.36. The van der Waals surface area contributed by atoms with E-state index in [1.165, 1.54) is 36.4 Å². The Labute approximate surface area is 205 Å². The number of fused-ring (bicyclic) bond motifs is 12. The molecule has 9 nitrogen and oxygen atoms in total. The summed E-state index contributed by atoms with van der Waals surface area (Å²) in [5, 5.41) is 25.3. The highest BCUT2D eigenvalue weighted by Gasteiger charge is 2.51. The second-order valence-corrected chi connectivity index (χ2v) is 9.70. The molecule has 186 valence electrons. The third-order valence-corrected chi connectivity index (χ3v) is 7.76. The van der Waals surface area contributed by atoms with Crippen molar-refractivity contribution in [3.8, 4) is 0 Å². The van der Waals surface area contributed by atoms with E-state index in [0.717, 1.165) is 0 Å². The predicted octanol–water partition coefficient (Wildman–Crippen LogP) is 2.61. The average molecular weight is 505 g/mol. The number of imide groups is 1. The minimum Gasteiger partial charge on any atom is -0.387 e. The van der Waals surface area contributed by atoms with Crippen molar-refractivity contribution in [1.82, 2.24) is 14.9 Å². The van der Waals surface area contributed by atoms with Crippen LogP contribution in [-0.4, -0.2) is 62.6 Å². The number of hydrogen-bond acceptors (Lipinski definition) is 6. The monoisotopic (exact) mass is 505 g/mol. The molecule has 2 saturated heterocycles. The van der Waals surface area contributed by atoms with Crippen molar-refractivity contribution in [3.05, 3.63) is 59.2 Å². The number of carbonyl (C=O) groups excluding carboxylic acids is 2. The van der Waals surface area contributed by atoms with Crippen molar-refractivity contribution in [2.45, 2.75) is 30.6 Å². The third kappa shape index (κ3) is 2.54. The van der Waals surface area contributed by atoms with E-state index in [-0.39, 0.29) is 17.7 Å². The highest BCUT2D eigenvalue weighted by molar-refractivity contribution is 6.39. The zero-order chi connectivity index (χ0) is 25.3. The lowest BCUT2D eigenvalue weighted by molar-refractivity contribution is -0.192. The lowest BCUT2D eigenvalue weighted by Crippen LogP contribution is -2.50. The minimum atomic E-state index is -1.31. The van der Waals surface area contributed by atoms with Gasteiger partial charge < -0.3 is 29.2 Å². The number of hydrogen-bond donors (Lipinski definition) is 4. The average Bonchev–Trinajstić information content (AvgIpc) is 3.55. The number of benzene rings is 3. The maximum absolute atomic E-state index is 14.6. The molecule has 1 unspecified atom stereocenters. The summed E-state index contributed by atoms with van der Waals surface area (Å²) in [5.74, 6) is -2.39. The van der Waals surface area contributed by atoms with Crippen LogP contribution in [0.2, 0.25) is 0 Å². The van der Waals surface area contributed by atoms with E-state index in [1.807, 2.05) is 0 Å². The molecule has 2 bridgehead atoms. The van der Waals surface area contributed by atoms with Crippen molar-refractivity contribution in [2.75, 3.05) is 6.61 Å². The molecule has 2 amide bonds. The molecule has 3 aromatic carbocycles. The molecule has 5 aromatic rings. The Morgan fingerprint density at radius 3 is 2.41 bits per heavy atom. The third-order valence-electron chi connectivity index (χ3n) is 7.76. The van der Waals surface area contributed by atoms with E-state index in [9.17, 15) is 28.6 Å². The number of amides is 2. The zero-order valence-electron chi connectivity index (χ0n) is 18.8. The Morgan fingerprint density at radius 2 is 1.62 bits per heavy atom. The number of nitrogens with one attached hydrogen (secondary N) is 2. The fraction of sp³-hybridized carbons (Fsp3) is 0.231. The molecule has 2 fully saturated rings. The Balaban J connectivity index is 1.61. The van der Waals surface area contributed by atoms with Gasteiger partial charge in [-0.2, -0.15) is 0 Å². The number of aromatic nitrogens is 2. The van der Waals surface area contributed by atoms with Crippen LogP contribution in [0.5, 0.6) is 0 Å². The molecule has 0 radical (unpaired) electrons. The fourth-order valence-electron chi connectivity index (χ4n) is 6.25. The van der Waals surface area contributed by atoms with Gasteiger partial charge in [0.15, 0.2) is 6.23 Å². The van der Waals surface area contributed by atoms with Crippen molar-refractivity contribution in [3.63, 3.8) is 0 Å². The molecule has 5 atom stereocenters. The van der Waals surface area contributed by atoms with Gasteiger partial charge in [0, 0.05) is 27.1 Å². The van der Waals surface area contributed by atoms with Crippen molar-refractivity contribution < 1.29 is 38.1 Å². The van der Waals surface area contributed by atoms with Gasteiger partial charge in [0.05, 0.1) is 34.3 Å². The van der Waals surface area contributed by atoms with Crippen LogP contribution >= 0.6 is 0 Å². The maximum atomic E-state index is 14.6. The molecular formula is C26H17F2N3O6. The van der Waals surface area contributed by atoms with E-state index in [0.29, 0.717) is 43.6 Å². The SMILES string of the molecule is O=C1NC(=O)c2c1c1c3cc(F)ccc3[nH]c1c1c2c2cc(F)ccc2n1[C@@H]1O[C@@H]2CO[C@@H](C2O)[C@H]1O. The van der Waals surface area contributed by atoms with Gasteiger partial charge in [-0.25, -0.2) is 8.78 Å². The number of rotatable bonds is 1. The van der Waals surface area contributed by atoms with Crippen molar-refractivity contribution in [1.29, 1.82) is 0 Å². The first-order valence-corrected chi connectivity index (χ1v) is 11.7. The molecule has 5 heterocycles. The van der Waals surface area contributed by atoms with Crippen molar-refractivity contribution in [2.24, 2.45) is 0 Å². The molecule has 0 aliphatic carbocycles. The summed E-state index contributed by atoms with van der Waals surface area (Å²) in [6.45, 7) is 0.0819. The molecule has 11 heteroatoms. The van der Waals surface area contributed by atoms with E-state index >= 15 is 0 Å². The van der Waals surface area contributed by atoms with Gasteiger partial charge in [-0.3, -0.25) is 14.9 Å². The van der Waals surface area contributed by atoms with E-state index in [4.69, 9.17) is 9.47 Å². The molecule has 0 spiro atoms. The summed E-state index contributed by atoms with van der Waals surface area (Å²) in [7, 11) is 0. The van der Waals surface area contributed by atoms with Gasteiger partial charge in [-0.15, -0.1) is 0 Å². The second kappa shape index (κ2) is 6.90. The summed E-state index contributed by atoms with van der Waals surface area (Å²) >= 11 is 0. The first-order chi connectivity index (χ1) is 17.8. The van der Waals surface area contributed by atoms with Gasteiger partial charge in [0.2, 0.25) is 0 Å². The van der Waals surface area contributed by atoms with Crippen LogP contribution in [0.3, 0.4) is 0 Å². The topological polar surface area (TPSA) is 126 Å². The summed E-state index contributed by atoms with van der Waals surface area (Å²) in [4.78, 5) is 29.4. The molecule has 37 heavy (non-hydrogen) atoms. The van der Waals surface area contributed by atoms with E-state index in [1.54, 1.807) is 4.57 Å².